The first-order valence-corrected chi connectivity index (χ1v) is 6.89. The summed E-state index contributed by atoms with van der Waals surface area (Å²) in [7, 11) is 0. The number of amides is 1. The molecular formula is C15H26F2N2O. The topological polar surface area (TPSA) is 55.1 Å². The monoisotopic (exact) mass is 288 g/mol. The fourth-order valence-corrected chi connectivity index (χ4v) is 1.18. The largest absolute Gasteiger partial charge is 0.356 e. The number of rotatable bonds is 4. The average Bonchev–Trinajstić information content (AvgIpc) is 2.40. The predicted molar refractivity (Wildman–Crippen MR) is 79.4 cm³/mol. The van der Waals surface area contributed by atoms with Crippen LogP contribution >= 0.6 is 0 Å². The van der Waals surface area contributed by atoms with E-state index < -0.39 is 11.6 Å². The highest BCUT2D eigenvalue weighted by Crippen LogP contribution is 2.07. The summed E-state index contributed by atoms with van der Waals surface area (Å²) in [5.74, 6) is -0.993. The molecule has 0 unspecified atom stereocenters. The lowest BCUT2D eigenvalue weighted by Gasteiger charge is -1.96. The maximum absolute atomic E-state index is 12.4. The zero-order valence-electron chi connectivity index (χ0n) is 12.8. The summed E-state index contributed by atoms with van der Waals surface area (Å²) in [6.07, 6.45) is 1.52. The highest BCUT2D eigenvalue weighted by atomic mass is 19.1. The SMILES string of the molecule is CC.CC(=O)NCCCN.CCc1cc(F)cc(F)c1. The quantitative estimate of drug-likeness (QED) is 0.837. The zero-order valence-corrected chi connectivity index (χ0v) is 12.8. The smallest absolute Gasteiger partial charge is 0.216 e. The first-order valence-electron chi connectivity index (χ1n) is 6.89. The minimum Gasteiger partial charge on any atom is -0.356 e. The third-order valence-electron chi connectivity index (χ3n) is 2.09. The van der Waals surface area contributed by atoms with E-state index in [1.165, 1.54) is 19.1 Å². The maximum atomic E-state index is 12.4. The minimum absolute atomic E-state index is 0.0125. The predicted octanol–water partition coefficient (Wildman–Crippen LogP) is 3.02. The second-order valence-corrected chi connectivity index (χ2v) is 3.76. The third kappa shape index (κ3) is 13.0. The van der Waals surface area contributed by atoms with Gasteiger partial charge >= 0.3 is 0 Å². The number of benzene rings is 1. The van der Waals surface area contributed by atoms with Crippen molar-refractivity contribution in [3.05, 3.63) is 35.4 Å². The first-order chi connectivity index (χ1) is 9.49. The summed E-state index contributed by atoms with van der Waals surface area (Å²) in [4.78, 5) is 10.2. The molecule has 1 aromatic carbocycles. The molecule has 0 bridgehead atoms. The molecule has 0 fully saturated rings. The van der Waals surface area contributed by atoms with Crippen molar-refractivity contribution in [3.63, 3.8) is 0 Å². The molecular weight excluding hydrogens is 262 g/mol. The number of halogens is 2. The molecule has 0 heterocycles. The third-order valence-corrected chi connectivity index (χ3v) is 2.09. The fraction of sp³-hybridized carbons (Fsp3) is 0.533. The van der Waals surface area contributed by atoms with Gasteiger partial charge in [-0.15, -0.1) is 0 Å². The van der Waals surface area contributed by atoms with Gasteiger partial charge in [-0.25, -0.2) is 8.78 Å². The average molecular weight is 288 g/mol. The summed E-state index contributed by atoms with van der Waals surface area (Å²) in [6, 6.07) is 3.55. The van der Waals surface area contributed by atoms with E-state index in [2.05, 4.69) is 5.32 Å². The number of nitrogens with two attached hydrogens (primary N) is 1. The van der Waals surface area contributed by atoms with E-state index in [-0.39, 0.29) is 5.91 Å². The van der Waals surface area contributed by atoms with E-state index in [0.29, 0.717) is 25.1 Å². The van der Waals surface area contributed by atoms with E-state index in [1.807, 2.05) is 20.8 Å². The van der Waals surface area contributed by atoms with Gasteiger partial charge in [0.05, 0.1) is 0 Å². The Bertz CT molecular complexity index is 351. The van der Waals surface area contributed by atoms with Crippen LogP contribution in [0.25, 0.3) is 0 Å². The molecule has 116 valence electrons. The normalized spacial score (nSPS) is 8.75. The molecule has 1 amide bonds. The van der Waals surface area contributed by atoms with Crippen molar-refractivity contribution in [3.8, 4) is 0 Å². The van der Waals surface area contributed by atoms with Crippen LogP contribution in [0.2, 0.25) is 0 Å². The summed E-state index contributed by atoms with van der Waals surface area (Å²) in [6.45, 7) is 8.69. The van der Waals surface area contributed by atoms with Crippen LogP contribution in [0.3, 0.4) is 0 Å². The summed E-state index contributed by atoms with van der Waals surface area (Å²) in [5.41, 5.74) is 5.86. The van der Waals surface area contributed by atoms with Crippen molar-refractivity contribution in [2.24, 2.45) is 5.73 Å². The number of carbonyl (C=O) groups is 1. The molecule has 0 radical (unpaired) electrons. The van der Waals surface area contributed by atoms with Crippen molar-refractivity contribution in [2.75, 3.05) is 13.1 Å². The van der Waals surface area contributed by atoms with Crippen LogP contribution in [-0.2, 0) is 11.2 Å². The molecule has 3 nitrogen and oxygen atoms in total. The van der Waals surface area contributed by atoms with Gasteiger partial charge in [0, 0.05) is 19.5 Å². The van der Waals surface area contributed by atoms with Gasteiger partial charge in [-0.3, -0.25) is 4.79 Å². The van der Waals surface area contributed by atoms with E-state index in [9.17, 15) is 13.6 Å². The van der Waals surface area contributed by atoms with Crippen LogP contribution in [0, 0.1) is 11.6 Å². The van der Waals surface area contributed by atoms with Gasteiger partial charge in [0.15, 0.2) is 0 Å². The Balaban J connectivity index is 0. The van der Waals surface area contributed by atoms with Crippen LogP contribution in [0.15, 0.2) is 18.2 Å². The second kappa shape index (κ2) is 13.9. The lowest BCUT2D eigenvalue weighted by molar-refractivity contribution is -0.118. The van der Waals surface area contributed by atoms with Gasteiger partial charge in [0.1, 0.15) is 11.6 Å². The van der Waals surface area contributed by atoms with Crippen molar-refractivity contribution >= 4 is 5.91 Å². The van der Waals surface area contributed by atoms with Crippen LogP contribution in [0.4, 0.5) is 8.78 Å². The van der Waals surface area contributed by atoms with E-state index >= 15 is 0 Å². The Morgan fingerprint density at radius 2 is 1.70 bits per heavy atom. The number of hydrogen-bond donors (Lipinski definition) is 2. The number of hydrogen-bond acceptors (Lipinski definition) is 2. The molecule has 0 saturated heterocycles. The van der Waals surface area contributed by atoms with Gasteiger partial charge in [0.25, 0.3) is 0 Å². The Morgan fingerprint density at radius 1 is 1.20 bits per heavy atom. The Labute approximate surface area is 120 Å². The van der Waals surface area contributed by atoms with Gasteiger partial charge in [-0.1, -0.05) is 20.8 Å². The van der Waals surface area contributed by atoms with Crippen molar-refractivity contribution in [1.82, 2.24) is 5.32 Å². The summed E-state index contributed by atoms with van der Waals surface area (Å²) < 4.78 is 24.8. The molecule has 0 aliphatic heterocycles. The van der Waals surface area contributed by atoms with Crippen molar-refractivity contribution in [1.29, 1.82) is 0 Å². The molecule has 0 aromatic heterocycles. The highest BCUT2D eigenvalue weighted by molar-refractivity contribution is 5.72. The number of carbonyl (C=O) groups excluding carboxylic acids is 1. The summed E-state index contributed by atoms with van der Waals surface area (Å²) >= 11 is 0. The lowest BCUT2D eigenvalue weighted by Crippen LogP contribution is -2.22. The van der Waals surface area contributed by atoms with E-state index in [4.69, 9.17) is 5.73 Å². The first kappa shape index (κ1) is 20.8. The Kier molecular flexibility index (Phi) is 14.5. The standard InChI is InChI=1S/C8H8F2.C5H12N2O.C2H6/c1-2-6-3-7(9)5-8(10)4-6;1-5(8)7-4-2-3-6;1-2/h3-5H,2H2,1H3;2-4,6H2,1H3,(H,7,8);1-2H3. The van der Waals surface area contributed by atoms with Crippen LogP contribution < -0.4 is 11.1 Å². The molecule has 5 heteroatoms. The molecule has 0 saturated carbocycles. The number of nitrogens with one attached hydrogen (secondary N) is 1. The van der Waals surface area contributed by atoms with Gasteiger partial charge in [0.2, 0.25) is 5.91 Å². The van der Waals surface area contributed by atoms with E-state index in [0.717, 1.165) is 12.5 Å². The van der Waals surface area contributed by atoms with Crippen molar-refractivity contribution < 1.29 is 13.6 Å². The molecule has 0 spiro atoms. The minimum atomic E-state index is -0.503. The van der Waals surface area contributed by atoms with Gasteiger partial charge in [-0.05, 0) is 37.1 Å². The van der Waals surface area contributed by atoms with Gasteiger partial charge < -0.3 is 11.1 Å². The second-order valence-electron chi connectivity index (χ2n) is 3.76. The number of aryl methyl sites for hydroxylation is 1. The van der Waals surface area contributed by atoms with Crippen LogP contribution in [-0.4, -0.2) is 19.0 Å². The lowest BCUT2D eigenvalue weighted by atomic mass is 10.2. The molecule has 1 rings (SSSR count). The Morgan fingerprint density at radius 3 is 2.05 bits per heavy atom. The molecule has 0 aliphatic rings. The summed E-state index contributed by atoms with van der Waals surface area (Å²) in [5, 5.41) is 2.63. The fourth-order valence-electron chi connectivity index (χ4n) is 1.18. The van der Waals surface area contributed by atoms with Gasteiger partial charge in [-0.2, -0.15) is 0 Å². The maximum Gasteiger partial charge on any atom is 0.216 e. The molecule has 0 aliphatic carbocycles. The van der Waals surface area contributed by atoms with E-state index in [1.54, 1.807) is 0 Å². The Hall–Kier alpha value is -1.49. The zero-order chi connectivity index (χ0) is 16.0. The van der Waals surface area contributed by atoms with Crippen LogP contribution in [0.5, 0.6) is 0 Å². The highest BCUT2D eigenvalue weighted by Gasteiger charge is 1.96. The molecule has 0 atom stereocenters. The molecule has 3 N–H and O–H groups in total. The van der Waals surface area contributed by atoms with Crippen LogP contribution in [0.1, 0.15) is 39.7 Å². The van der Waals surface area contributed by atoms with Crippen molar-refractivity contribution in [2.45, 2.75) is 40.5 Å². The molecule has 1 aromatic rings. The molecule has 20 heavy (non-hydrogen) atoms.